The summed E-state index contributed by atoms with van der Waals surface area (Å²) in [6, 6.07) is 11.4. The van der Waals surface area contributed by atoms with Gasteiger partial charge >= 0.3 is 0 Å². The zero-order valence-electron chi connectivity index (χ0n) is 13.6. The van der Waals surface area contributed by atoms with Crippen LogP contribution in [-0.4, -0.2) is 38.6 Å². The van der Waals surface area contributed by atoms with Crippen LogP contribution in [0.2, 0.25) is 0 Å². The highest BCUT2D eigenvalue weighted by atomic mass is 32.2. The second-order valence-electron chi connectivity index (χ2n) is 5.35. The molecule has 0 atom stereocenters. The van der Waals surface area contributed by atoms with Gasteiger partial charge in [-0.2, -0.15) is 0 Å². The highest BCUT2D eigenvalue weighted by Gasteiger charge is 2.12. The Morgan fingerprint density at radius 1 is 1.21 bits per heavy atom. The molecular weight excluding hydrogens is 320 g/mol. The SMILES string of the molecule is CSc1nccn1-c1ccc(C(=O)N(C)Cc2cccnc2)cc1. The van der Waals surface area contributed by atoms with Gasteiger partial charge in [-0.1, -0.05) is 17.8 Å². The molecule has 0 radical (unpaired) electrons. The van der Waals surface area contributed by atoms with Crippen molar-refractivity contribution >= 4 is 17.7 Å². The van der Waals surface area contributed by atoms with Crippen molar-refractivity contribution in [3.05, 3.63) is 72.3 Å². The fourth-order valence-electron chi connectivity index (χ4n) is 2.46. The normalized spacial score (nSPS) is 10.6. The van der Waals surface area contributed by atoms with Crippen LogP contribution in [0.15, 0.2) is 66.3 Å². The van der Waals surface area contributed by atoms with Crippen molar-refractivity contribution in [2.75, 3.05) is 13.3 Å². The van der Waals surface area contributed by atoms with E-state index in [1.807, 2.05) is 53.4 Å². The molecule has 2 aromatic heterocycles. The third kappa shape index (κ3) is 3.49. The maximum Gasteiger partial charge on any atom is 0.253 e. The molecule has 0 aliphatic carbocycles. The predicted octanol–water partition coefficient (Wildman–Crippen LogP) is 3.26. The number of imidazole rings is 1. The molecule has 6 heteroatoms. The van der Waals surface area contributed by atoms with Gasteiger partial charge in [-0.3, -0.25) is 14.3 Å². The Morgan fingerprint density at radius 3 is 2.67 bits per heavy atom. The maximum absolute atomic E-state index is 12.6. The number of carbonyl (C=O) groups excluding carboxylic acids is 1. The quantitative estimate of drug-likeness (QED) is 0.670. The monoisotopic (exact) mass is 338 g/mol. The smallest absolute Gasteiger partial charge is 0.253 e. The van der Waals surface area contributed by atoms with E-state index in [1.54, 1.807) is 42.3 Å². The van der Waals surface area contributed by atoms with Gasteiger partial charge in [-0.05, 0) is 42.2 Å². The molecular formula is C18H18N4OS. The van der Waals surface area contributed by atoms with E-state index in [-0.39, 0.29) is 5.91 Å². The molecule has 0 fully saturated rings. The number of aromatic nitrogens is 3. The lowest BCUT2D eigenvalue weighted by atomic mass is 10.1. The molecule has 0 saturated heterocycles. The second kappa shape index (κ2) is 7.31. The first kappa shape index (κ1) is 16.3. The lowest BCUT2D eigenvalue weighted by Crippen LogP contribution is -2.26. The Labute approximate surface area is 145 Å². The van der Waals surface area contributed by atoms with Crippen LogP contribution in [0.25, 0.3) is 5.69 Å². The summed E-state index contributed by atoms with van der Waals surface area (Å²) in [5, 5.41) is 0.919. The molecule has 24 heavy (non-hydrogen) atoms. The number of hydrogen-bond acceptors (Lipinski definition) is 4. The number of pyridine rings is 1. The average molecular weight is 338 g/mol. The zero-order valence-corrected chi connectivity index (χ0v) is 14.4. The summed E-state index contributed by atoms with van der Waals surface area (Å²) in [5.41, 5.74) is 2.66. The first-order valence-electron chi connectivity index (χ1n) is 7.51. The highest BCUT2D eigenvalue weighted by molar-refractivity contribution is 7.98. The van der Waals surface area contributed by atoms with Gasteiger partial charge in [0.15, 0.2) is 5.16 Å². The molecule has 0 saturated carbocycles. The van der Waals surface area contributed by atoms with Crippen LogP contribution < -0.4 is 0 Å². The van der Waals surface area contributed by atoms with Gasteiger partial charge in [0.1, 0.15) is 0 Å². The molecule has 3 aromatic rings. The minimum absolute atomic E-state index is 0.0128. The minimum Gasteiger partial charge on any atom is -0.337 e. The first-order valence-corrected chi connectivity index (χ1v) is 8.73. The van der Waals surface area contributed by atoms with Gasteiger partial charge in [0.25, 0.3) is 5.91 Å². The average Bonchev–Trinajstić information content (AvgIpc) is 3.11. The molecule has 0 aliphatic rings. The zero-order chi connectivity index (χ0) is 16.9. The van der Waals surface area contributed by atoms with Crippen molar-refractivity contribution in [2.24, 2.45) is 0 Å². The summed E-state index contributed by atoms with van der Waals surface area (Å²) in [6.45, 7) is 0.534. The van der Waals surface area contributed by atoms with Crippen molar-refractivity contribution in [1.29, 1.82) is 0 Å². The number of amides is 1. The molecule has 3 rings (SSSR count). The Kier molecular flexibility index (Phi) is 4.96. The van der Waals surface area contributed by atoms with Crippen molar-refractivity contribution in [3.63, 3.8) is 0 Å². The molecule has 0 N–H and O–H groups in total. The number of nitrogens with zero attached hydrogens (tertiary/aromatic N) is 4. The summed E-state index contributed by atoms with van der Waals surface area (Å²) < 4.78 is 2.00. The van der Waals surface area contributed by atoms with Gasteiger partial charge < -0.3 is 4.90 Å². The topological polar surface area (TPSA) is 51.0 Å². The lowest BCUT2D eigenvalue weighted by Gasteiger charge is -2.17. The van der Waals surface area contributed by atoms with Gasteiger partial charge in [-0.25, -0.2) is 4.98 Å². The van der Waals surface area contributed by atoms with E-state index in [0.717, 1.165) is 16.4 Å². The Morgan fingerprint density at radius 2 is 2.00 bits per heavy atom. The van der Waals surface area contributed by atoms with Gasteiger partial charge in [0, 0.05) is 49.6 Å². The highest BCUT2D eigenvalue weighted by Crippen LogP contribution is 2.19. The van der Waals surface area contributed by atoms with E-state index in [1.165, 1.54) is 0 Å². The number of carbonyl (C=O) groups is 1. The lowest BCUT2D eigenvalue weighted by molar-refractivity contribution is 0.0785. The maximum atomic E-state index is 12.6. The van der Waals surface area contributed by atoms with Crippen molar-refractivity contribution in [1.82, 2.24) is 19.4 Å². The van der Waals surface area contributed by atoms with E-state index in [9.17, 15) is 4.79 Å². The standard InChI is InChI=1S/C18H18N4OS/c1-21(13-14-4-3-9-19-12-14)17(23)15-5-7-16(8-6-15)22-11-10-20-18(22)24-2/h3-12H,13H2,1-2H3. The third-order valence-corrected chi connectivity index (χ3v) is 4.34. The van der Waals surface area contributed by atoms with Crippen LogP contribution in [0.5, 0.6) is 0 Å². The summed E-state index contributed by atoms with van der Waals surface area (Å²) in [5.74, 6) is -0.0128. The molecule has 0 aliphatic heterocycles. The van der Waals surface area contributed by atoms with E-state index in [2.05, 4.69) is 9.97 Å². The van der Waals surface area contributed by atoms with Crippen LogP contribution in [0, 0.1) is 0 Å². The number of thioether (sulfide) groups is 1. The molecule has 1 aromatic carbocycles. The second-order valence-corrected chi connectivity index (χ2v) is 6.13. The van der Waals surface area contributed by atoms with Crippen LogP contribution in [0.3, 0.4) is 0 Å². The minimum atomic E-state index is -0.0128. The number of benzene rings is 1. The van der Waals surface area contributed by atoms with Gasteiger partial charge in [0.05, 0.1) is 0 Å². The molecule has 122 valence electrons. The summed E-state index contributed by atoms with van der Waals surface area (Å²) >= 11 is 1.58. The molecule has 0 spiro atoms. The van der Waals surface area contributed by atoms with Crippen LogP contribution in [-0.2, 0) is 6.54 Å². The van der Waals surface area contributed by atoms with Crippen LogP contribution in [0.1, 0.15) is 15.9 Å². The van der Waals surface area contributed by atoms with Gasteiger partial charge in [-0.15, -0.1) is 0 Å². The van der Waals surface area contributed by atoms with Crippen molar-refractivity contribution in [2.45, 2.75) is 11.7 Å². The number of rotatable bonds is 5. The van der Waals surface area contributed by atoms with Gasteiger partial charge in [0.2, 0.25) is 0 Å². The fraction of sp³-hybridized carbons (Fsp3) is 0.167. The first-order chi connectivity index (χ1) is 11.7. The predicted molar refractivity (Wildman–Crippen MR) is 95.4 cm³/mol. The van der Waals surface area contributed by atoms with E-state index in [0.29, 0.717) is 12.1 Å². The molecule has 0 unspecified atom stereocenters. The summed E-state index contributed by atoms with van der Waals surface area (Å²) in [7, 11) is 1.80. The molecule has 0 bridgehead atoms. The molecule has 2 heterocycles. The van der Waals surface area contributed by atoms with Crippen molar-refractivity contribution in [3.8, 4) is 5.69 Å². The van der Waals surface area contributed by atoms with E-state index >= 15 is 0 Å². The number of hydrogen-bond donors (Lipinski definition) is 0. The fourth-order valence-corrected chi connectivity index (χ4v) is 2.99. The van der Waals surface area contributed by atoms with E-state index < -0.39 is 0 Å². The largest absolute Gasteiger partial charge is 0.337 e. The third-order valence-electron chi connectivity index (χ3n) is 3.67. The van der Waals surface area contributed by atoms with Crippen LogP contribution >= 0.6 is 11.8 Å². The Bertz CT molecular complexity index is 815. The van der Waals surface area contributed by atoms with Crippen LogP contribution in [0.4, 0.5) is 0 Å². The van der Waals surface area contributed by atoms with E-state index in [4.69, 9.17) is 0 Å². The van der Waals surface area contributed by atoms with Crippen molar-refractivity contribution < 1.29 is 4.79 Å². The summed E-state index contributed by atoms with van der Waals surface area (Å²) in [4.78, 5) is 22.6. The molecule has 5 nitrogen and oxygen atoms in total. The summed E-state index contributed by atoms with van der Waals surface area (Å²) in [6.07, 6.45) is 9.17. The Balaban J connectivity index is 1.74. The molecule has 1 amide bonds. The Hall–Kier alpha value is -2.60.